The molecule has 1 unspecified atom stereocenters. The van der Waals surface area contributed by atoms with E-state index in [0.29, 0.717) is 13.0 Å². The molecule has 3 rings (SSSR count). The Labute approximate surface area is 88.4 Å². The van der Waals surface area contributed by atoms with E-state index in [-0.39, 0.29) is 11.9 Å². The molecule has 0 radical (unpaired) electrons. The van der Waals surface area contributed by atoms with Crippen LogP contribution in [0.1, 0.15) is 22.8 Å². The van der Waals surface area contributed by atoms with Crippen molar-refractivity contribution in [2.24, 2.45) is 0 Å². The van der Waals surface area contributed by atoms with Gasteiger partial charge >= 0.3 is 0 Å². The van der Waals surface area contributed by atoms with Crippen LogP contribution in [-0.2, 0) is 17.6 Å². The molecule has 2 heterocycles. The maximum Gasteiger partial charge on any atom is 0.126 e. The molecule has 0 saturated carbocycles. The van der Waals surface area contributed by atoms with E-state index in [1.807, 2.05) is 6.07 Å². The lowest BCUT2D eigenvalue weighted by Crippen LogP contribution is -2.26. The van der Waals surface area contributed by atoms with Crippen molar-refractivity contribution in [2.45, 2.75) is 18.9 Å². The monoisotopic (exact) mass is 207 g/mol. The number of benzene rings is 1. The fourth-order valence-corrected chi connectivity index (χ4v) is 2.56. The van der Waals surface area contributed by atoms with E-state index in [0.717, 1.165) is 30.6 Å². The average molecular weight is 207 g/mol. The second-order valence-corrected chi connectivity index (χ2v) is 4.16. The van der Waals surface area contributed by atoms with Gasteiger partial charge in [-0.1, -0.05) is 6.07 Å². The molecule has 1 N–H and O–H groups in total. The molecule has 0 saturated heterocycles. The molecule has 80 valence electrons. The molecule has 0 spiro atoms. The van der Waals surface area contributed by atoms with E-state index >= 15 is 0 Å². The standard InChI is InChI=1S/C12H14FNO/c13-10-2-1-8-3-5-14-7-11-12(8)9(10)4-6-15-11/h1-2,11,14H,3-7H2. The molecule has 0 fully saturated rings. The van der Waals surface area contributed by atoms with Gasteiger partial charge in [-0.25, -0.2) is 4.39 Å². The van der Waals surface area contributed by atoms with E-state index in [2.05, 4.69) is 5.32 Å². The SMILES string of the molecule is Fc1ccc2c3c1CCOC3CNCC2. The zero-order valence-corrected chi connectivity index (χ0v) is 8.55. The Bertz CT molecular complexity index is 391. The van der Waals surface area contributed by atoms with Crippen LogP contribution in [0.4, 0.5) is 4.39 Å². The predicted octanol–water partition coefficient (Wildman–Crippen LogP) is 1.59. The first-order valence-corrected chi connectivity index (χ1v) is 5.49. The summed E-state index contributed by atoms with van der Waals surface area (Å²) in [6, 6.07) is 3.50. The summed E-state index contributed by atoms with van der Waals surface area (Å²) in [5, 5.41) is 3.33. The van der Waals surface area contributed by atoms with E-state index in [9.17, 15) is 4.39 Å². The van der Waals surface area contributed by atoms with Gasteiger partial charge in [0.25, 0.3) is 0 Å². The molecule has 0 aliphatic carbocycles. The summed E-state index contributed by atoms with van der Waals surface area (Å²) in [4.78, 5) is 0. The second kappa shape index (κ2) is 3.58. The largest absolute Gasteiger partial charge is 0.372 e. The van der Waals surface area contributed by atoms with Crippen LogP contribution in [0.25, 0.3) is 0 Å². The first kappa shape index (κ1) is 9.31. The fraction of sp³-hybridized carbons (Fsp3) is 0.500. The highest BCUT2D eigenvalue weighted by molar-refractivity contribution is 5.40. The molecule has 1 aromatic rings. The lowest BCUT2D eigenvalue weighted by molar-refractivity contribution is 0.0430. The fourth-order valence-electron chi connectivity index (χ4n) is 2.56. The Morgan fingerprint density at radius 1 is 1.33 bits per heavy atom. The molecule has 1 atom stereocenters. The Hall–Kier alpha value is -0.930. The highest BCUT2D eigenvalue weighted by Crippen LogP contribution is 2.32. The van der Waals surface area contributed by atoms with E-state index < -0.39 is 0 Å². The van der Waals surface area contributed by atoms with E-state index in [1.54, 1.807) is 6.07 Å². The minimum atomic E-state index is -0.0658. The predicted molar refractivity (Wildman–Crippen MR) is 55.4 cm³/mol. The van der Waals surface area contributed by atoms with Crippen molar-refractivity contribution in [1.29, 1.82) is 0 Å². The molecule has 3 heteroatoms. The molecule has 2 aliphatic rings. The average Bonchev–Trinajstić information content (AvgIpc) is 2.47. The second-order valence-electron chi connectivity index (χ2n) is 4.16. The molecular formula is C12H14FNO. The van der Waals surface area contributed by atoms with Crippen LogP contribution in [-0.4, -0.2) is 19.7 Å². The normalized spacial score (nSPS) is 24.5. The van der Waals surface area contributed by atoms with Crippen LogP contribution >= 0.6 is 0 Å². The summed E-state index contributed by atoms with van der Waals surface area (Å²) >= 11 is 0. The molecule has 0 bridgehead atoms. The van der Waals surface area contributed by atoms with Crippen molar-refractivity contribution in [3.05, 3.63) is 34.6 Å². The maximum atomic E-state index is 13.6. The zero-order chi connectivity index (χ0) is 10.3. The van der Waals surface area contributed by atoms with Gasteiger partial charge < -0.3 is 10.1 Å². The first-order valence-electron chi connectivity index (χ1n) is 5.49. The highest BCUT2D eigenvalue weighted by atomic mass is 19.1. The van der Waals surface area contributed by atoms with Crippen molar-refractivity contribution in [3.8, 4) is 0 Å². The van der Waals surface area contributed by atoms with E-state index in [4.69, 9.17) is 4.74 Å². The van der Waals surface area contributed by atoms with Crippen molar-refractivity contribution < 1.29 is 9.13 Å². The van der Waals surface area contributed by atoms with Gasteiger partial charge in [-0.05, 0) is 42.1 Å². The number of hydrogen-bond donors (Lipinski definition) is 1. The van der Waals surface area contributed by atoms with Crippen molar-refractivity contribution in [3.63, 3.8) is 0 Å². The lowest BCUT2D eigenvalue weighted by atomic mass is 9.91. The molecule has 1 aromatic carbocycles. The first-order chi connectivity index (χ1) is 7.36. The van der Waals surface area contributed by atoms with Gasteiger partial charge in [-0.2, -0.15) is 0 Å². The topological polar surface area (TPSA) is 21.3 Å². The lowest BCUT2D eigenvalue weighted by Gasteiger charge is -2.26. The highest BCUT2D eigenvalue weighted by Gasteiger charge is 2.27. The zero-order valence-electron chi connectivity index (χ0n) is 8.55. The van der Waals surface area contributed by atoms with Crippen LogP contribution in [0.5, 0.6) is 0 Å². The van der Waals surface area contributed by atoms with Gasteiger partial charge in [-0.3, -0.25) is 0 Å². The third-order valence-electron chi connectivity index (χ3n) is 3.28. The van der Waals surface area contributed by atoms with Gasteiger partial charge in [0.1, 0.15) is 5.82 Å². The van der Waals surface area contributed by atoms with Gasteiger partial charge in [0, 0.05) is 6.54 Å². The Morgan fingerprint density at radius 3 is 3.20 bits per heavy atom. The summed E-state index contributed by atoms with van der Waals surface area (Å²) in [5.74, 6) is -0.0658. The van der Waals surface area contributed by atoms with E-state index in [1.165, 1.54) is 5.56 Å². The molecule has 2 aliphatic heterocycles. The Balaban J connectivity index is 2.18. The molecule has 2 nitrogen and oxygen atoms in total. The van der Waals surface area contributed by atoms with Crippen LogP contribution in [0, 0.1) is 5.82 Å². The van der Waals surface area contributed by atoms with Gasteiger partial charge in [0.05, 0.1) is 12.7 Å². The number of halogens is 1. The number of nitrogens with one attached hydrogen (secondary N) is 1. The maximum absolute atomic E-state index is 13.6. The third-order valence-corrected chi connectivity index (χ3v) is 3.28. The molecule has 0 amide bonds. The number of ether oxygens (including phenoxy) is 1. The molecule has 15 heavy (non-hydrogen) atoms. The number of rotatable bonds is 0. The van der Waals surface area contributed by atoms with Crippen LogP contribution < -0.4 is 5.32 Å². The van der Waals surface area contributed by atoms with Crippen LogP contribution in [0.2, 0.25) is 0 Å². The van der Waals surface area contributed by atoms with Crippen molar-refractivity contribution in [2.75, 3.05) is 19.7 Å². The molecule has 0 aromatic heterocycles. The van der Waals surface area contributed by atoms with Gasteiger partial charge in [0.15, 0.2) is 0 Å². The summed E-state index contributed by atoms with van der Waals surface area (Å²) < 4.78 is 19.3. The summed E-state index contributed by atoms with van der Waals surface area (Å²) in [6.45, 7) is 2.40. The molecular weight excluding hydrogens is 193 g/mol. The van der Waals surface area contributed by atoms with Gasteiger partial charge in [0.2, 0.25) is 0 Å². The number of hydrogen-bond acceptors (Lipinski definition) is 2. The van der Waals surface area contributed by atoms with Crippen molar-refractivity contribution >= 4 is 0 Å². The van der Waals surface area contributed by atoms with Crippen LogP contribution in [0.15, 0.2) is 12.1 Å². The quantitative estimate of drug-likeness (QED) is 0.697. The Morgan fingerprint density at radius 2 is 2.27 bits per heavy atom. The van der Waals surface area contributed by atoms with Crippen molar-refractivity contribution in [1.82, 2.24) is 5.32 Å². The smallest absolute Gasteiger partial charge is 0.126 e. The third kappa shape index (κ3) is 1.46. The minimum Gasteiger partial charge on any atom is -0.372 e. The summed E-state index contributed by atoms with van der Waals surface area (Å²) in [7, 11) is 0. The summed E-state index contributed by atoms with van der Waals surface area (Å²) in [5.41, 5.74) is 3.25. The summed E-state index contributed by atoms with van der Waals surface area (Å²) in [6.07, 6.45) is 1.75. The van der Waals surface area contributed by atoms with Gasteiger partial charge in [-0.15, -0.1) is 0 Å². The minimum absolute atomic E-state index is 0.0574. The Kier molecular flexibility index (Phi) is 2.22. The van der Waals surface area contributed by atoms with Crippen LogP contribution in [0.3, 0.4) is 0 Å².